The second-order valence-corrected chi connectivity index (χ2v) is 3.76. The lowest BCUT2D eigenvalue weighted by Gasteiger charge is -2.05. The number of carbonyl (C=O) groups is 1. The maximum atomic E-state index is 10.9. The third-order valence-electron chi connectivity index (χ3n) is 3.01. The first-order valence-electron chi connectivity index (χ1n) is 5.13. The molecule has 0 bridgehead atoms. The van der Waals surface area contributed by atoms with Gasteiger partial charge < -0.3 is 5.11 Å². The lowest BCUT2D eigenvalue weighted by Crippen LogP contribution is -2.02. The molecule has 1 saturated carbocycles. The van der Waals surface area contributed by atoms with Gasteiger partial charge in [0.05, 0.1) is 0 Å². The first-order valence-corrected chi connectivity index (χ1v) is 5.13. The monoisotopic (exact) mass is 182 g/mol. The molecule has 1 fully saturated rings. The lowest BCUT2D eigenvalue weighted by molar-refractivity contribution is -0.132. The van der Waals surface area contributed by atoms with E-state index in [-0.39, 0.29) is 0 Å². The van der Waals surface area contributed by atoms with Crippen LogP contribution in [-0.4, -0.2) is 11.1 Å². The molecule has 0 aromatic carbocycles. The Hall–Kier alpha value is -0.790. The molecule has 2 nitrogen and oxygen atoms in total. The number of carboxylic acid groups (broad SMARTS) is 1. The van der Waals surface area contributed by atoms with Gasteiger partial charge in [0.25, 0.3) is 0 Å². The molecule has 0 amide bonds. The molecule has 1 rings (SSSR count). The molecule has 13 heavy (non-hydrogen) atoms. The van der Waals surface area contributed by atoms with E-state index in [4.69, 9.17) is 5.11 Å². The summed E-state index contributed by atoms with van der Waals surface area (Å²) in [6.45, 7) is 4.11. The van der Waals surface area contributed by atoms with E-state index in [9.17, 15) is 4.79 Å². The molecule has 1 aliphatic carbocycles. The SMILES string of the molecule is CC/C(C(=O)O)=C1\CCC(CC)C1. The van der Waals surface area contributed by atoms with Crippen LogP contribution in [0.25, 0.3) is 0 Å². The molecule has 2 heteroatoms. The lowest BCUT2D eigenvalue weighted by atomic mass is 10.0. The average molecular weight is 182 g/mol. The van der Waals surface area contributed by atoms with Gasteiger partial charge in [-0.2, -0.15) is 0 Å². The van der Waals surface area contributed by atoms with Gasteiger partial charge in [0.2, 0.25) is 0 Å². The minimum Gasteiger partial charge on any atom is -0.478 e. The quantitative estimate of drug-likeness (QED) is 0.681. The minimum atomic E-state index is -0.714. The molecule has 0 aromatic heterocycles. The van der Waals surface area contributed by atoms with Crippen LogP contribution in [0.3, 0.4) is 0 Å². The van der Waals surface area contributed by atoms with Crippen molar-refractivity contribution in [2.75, 3.05) is 0 Å². The standard InChI is InChI=1S/C11H18O2/c1-3-8-5-6-9(7-8)10(4-2)11(12)13/h8H,3-7H2,1-2H3,(H,12,13)/b10-9-. The van der Waals surface area contributed by atoms with E-state index in [0.29, 0.717) is 12.0 Å². The van der Waals surface area contributed by atoms with Gasteiger partial charge in [-0.3, -0.25) is 0 Å². The fourth-order valence-electron chi connectivity index (χ4n) is 2.11. The topological polar surface area (TPSA) is 37.3 Å². The van der Waals surface area contributed by atoms with E-state index in [2.05, 4.69) is 6.92 Å². The third kappa shape index (κ3) is 2.33. The van der Waals surface area contributed by atoms with Crippen molar-refractivity contribution in [3.8, 4) is 0 Å². The smallest absolute Gasteiger partial charge is 0.331 e. The Morgan fingerprint density at radius 3 is 2.62 bits per heavy atom. The molecule has 1 atom stereocenters. The summed E-state index contributed by atoms with van der Waals surface area (Å²) in [7, 11) is 0. The maximum absolute atomic E-state index is 10.9. The predicted octanol–water partition coefficient (Wildman–Crippen LogP) is 2.99. The van der Waals surface area contributed by atoms with Gasteiger partial charge in [0.15, 0.2) is 0 Å². The van der Waals surface area contributed by atoms with E-state index in [0.717, 1.165) is 18.8 Å². The Kier molecular flexibility index (Phi) is 3.52. The number of allylic oxidation sites excluding steroid dienone is 1. The Balaban J connectivity index is 2.74. The molecule has 0 aromatic rings. The van der Waals surface area contributed by atoms with Crippen LogP contribution in [0.2, 0.25) is 0 Å². The van der Waals surface area contributed by atoms with Crippen molar-refractivity contribution in [2.45, 2.75) is 46.0 Å². The summed E-state index contributed by atoms with van der Waals surface area (Å²) in [5.74, 6) is 0.0187. The van der Waals surface area contributed by atoms with Crippen molar-refractivity contribution in [1.29, 1.82) is 0 Å². The molecule has 1 unspecified atom stereocenters. The highest BCUT2D eigenvalue weighted by Gasteiger charge is 2.22. The average Bonchev–Trinajstić information content (AvgIpc) is 2.53. The van der Waals surface area contributed by atoms with Crippen molar-refractivity contribution < 1.29 is 9.90 Å². The number of hydrogen-bond acceptors (Lipinski definition) is 1. The minimum absolute atomic E-state index is 0.663. The first-order chi connectivity index (χ1) is 6.19. The summed E-state index contributed by atoms with van der Waals surface area (Å²) in [5.41, 5.74) is 1.86. The summed E-state index contributed by atoms with van der Waals surface area (Å²) in [6.07, 6.45) is 5.06. The molecule has 1 aliphatic rings. The van der Waals surface area contributed by atoms with Crippen molar-refractivity contribution >= 4 is 5.97 Å². The second-order valence-electron chi connectivity index (χ2n) is 3.76. The van der Waals surface area contributed by atoms with Crippen LogP contribution in [0.1, 0.15) is 46.0 Å². The number of aliphatic carboxylic acids is 1. The van der Waals surface area contributed by atoms with Gasteiger partial charge in [-0.1, -0.05) is 25.8 Å². The predicted molar refractivity (Wildman–Crippen MR) is 52.6 cm³/mol. The number of carboxylic acids is 1. The van der Waals surface area contributed by atoms with E-state index in [1.54, 1.807) is 0 Å². The van der Waals surface area contributed by atoms with E-state index in [1.807, 2.05) is 6.92 Å². The molecular formula is C11H18O2. The van der Waals surface area contributed by atoms with E-state index < -0.39 is 5.97 Å². The van der Waals surface area contributed by atoms with Crippen molar-refractivity contribution in [3.63, 3.8) is 0 Å². The van der Waals surface area contributed by atoms with Crippen LogP contribution in [0.4, 0.5) is 0 Å². The summed E-state index contributed by atoms with van der Waals surface area (Å²) in [4.78, 5) is 10.9. The van der Waals surface area contributed by atoms with Crippen LogP contribution < -0.4 is 0 Å². The zero-order valence-electron chi connectivity index (χ0n) is 8.47. The first kappa shape index (κ1) is 10.3. The van der Waals surface area contributed by atoms with E-state index in [1.165, 1.54) is 18.4 Å². The van der Waals surface area contributed by atoms with Crippen molar-refractivity contribution in [1.82, 2.24) is 0 Å². The van der Waals surface area contributed by atoms with Crippen molar-refractivity contribution in [3.05, 3.63) is 11.1 Å². The van der Waals surface area contributed by atoms with Gasteiger partial charge in [-0.25, -0.2) is 4.79 Å². The highest BCUT2D eigenvalue weighted by molar-refractivity contribution is 5.87. The molecule has 0 aliphatic heterocycles. The van der Waals surface area contributed by atoms with Gasteiger partial charge >= 0.3 is 5.97 Å². The Labute approximate surface area is 79.6 Å². The van der Waals surface area contributed by atoms with Crippen molar-refractivity contribution in [2.24, 2.45) is 5.92 Å². The van der Waals surface area contributed by atoms with Crippen LogP contribution in [0, 0.1) is 5.92 Å². The molecule has 0 saturated heterocycles. The zero-order valence-corrected chi connectivity index (χ0v) is 8.47. The largest absolute Gasteiger partial charge is 0.478 e. The highest BCUT2D eigenvalue weighted by Crippen LogP contribution is 2.34. The molecule has 0 heterocycles. The van der Waals surface area contributed by atoms with Crippen LogP contribution in [-0.2, 0) is 4.79 Å². The summed E-state index contributed by atoms with van der Waals surface area (Å²) in [5, 5.41) is 8.93. The molecule has 74 valence electrons. The highest BCUT2D eigenvalue weighted by atomic mass is 16.4. The summed E-state index contributed by atoms with van der Waals surface area (Å²) < 4.78 is 0. The summed E-state index contributed by atoms with van der Waals surface area (Å²) in [6, 6.07) is 0. The number of rotatable bonds is 3. The Bertz CT molecular complexity index is 228. The molecule has 0 spiro atoms. The zero-order chi connectivity index (χ0) is 9.84. The van der Waals surface area contributed by atoms with Crippen LogP contribution >= 0.6 is 0 Å². The fraction of sp³-hybridized carbons (Fsp3) is 0.727. The van der Waals surface area contributed by atoms with E-state index >= 15 is 0 Å². The fourth-order valence-corrected chi connectivity index (χ4v) is 2.11. The van der Waals surface area contributed by atoms with Gasteiger partial charge in [-0.05, 0) is 31.6 Å². The van der Waals surface area contributed by atoms with Gasteiger partial charge in [0.1, 0.15) is 0 Å². The Morgan fingerprint density at radius 1 is 1.54 bits per heavy atom. The molecular weight excluding hydrogens is 164 g/mol. The van der Waals surface area contributed by atoms with Crippen LogP contribution in [0.5, 0.6) is 0 Å². The third-order valence-corrected chi connectivity index (χ3v) is 3.01. The Morgan fingerprint density at radius 2 is 2.23 bits per heavy atom. The summed E-state index contributed by atoms with van der Waals surface area (Å²) >= 11 is 0. The van der Waals surface area contributed by atoms with Gasteiger partial charge in [-0.15, -0.1) is 0 Å². The van der Waals surface area contributed by atoms with Crippen LogP contribution in [0.15, 0.2) is 11.1 Å². The number of hydrogen-bond donors (Lipinski definition) is 1. The molecule has 1 N–H and O–H groups in total. The normalized spacial score (nSPS) is 26.2. The maximum Gasteiger partial charge on any atom is 0.331 e. The van der Waals surface area contributed by atoms with Gasteiger partial charge in [0, 0.05) is 5.57 Å². The second kappa shape index (κ2) is 4.45. The molecule has 0 radical (unpaired) electrons.